The van der Waals surface area contributed by atoms with Gasteiger partial charge in [0.1, 0.15) is 25.0 Å². The van der Waals surface area contributed by atoms with Gasteiger partial charge in [-0.1, -0.05) is 11.8 Å². The van der Waals surface area contributed by atoms with Gasteiger partial charge in [0, 0.05) is 34.1 Å². The molecule has 1 aliphatic rings. The predicted molar refractivity (Wildman–Crippen MR) is 157 cm³/mol. The van der Waals surface area contributed by atoms with Crippen LogP contribution >= 0.6 is 11.8 Å². The SMILES string of the molecule is CCOC(=O)C=Nc1cn(C2O[C@H](COC(C)=O)[C@@H](OC(C)C)[C@@]2(C)OC(C)=O)c2nc(SC)nc(N=CN(C)C)c12. The maximum atomic E-state index is 12.4. The number of hydrogen-bond acceptors (Lipinski definition) is 13. The Morgan fingerprint density at radius 1 is 1.19 bits per heavy atom. The highest BCUT2D eigenvalue weighted by atomic mass is 32.2. The summed E-state index contributed by atoms with van der Waals surface area (Å²) in [4.78, 5) is 56.3. The molecule has 230 valence electrons. The topological polar surface area (TPSA) is 156 Å². The molecule has 42 heavy (non-hydrogen) atoms. The number of esters is 3. The molecule has 0 spiro atoms. The Bertz CT molecular complexity index is 1360. The molecule has 1 fully saturated rings. The van der Waals surface area contributed by atoms with Gasteiger partial charge in [0.15, 0.2) is 28.5 Å². The van der Waals surface area contributed by atoms with Gasteiger partial charge >= 0.3 is 17.9 Å². The van der Waals surface area contributed by atoms with Gasteiger partial charge in [0.25, 0.3) is 0 Å². The molecule has 4 atom stereocenters. The average molecular weight is 607 g/mol. The maximum Gasteiger partial charge on any atom is 0.349 e. The highest BCUT2D eigenvalue weighted by Crippen LogP contribution is 2.47. The minimum absolute atomic E-state index is 0.142. The summed E-state index contributed by atoms with van der Waals surface area (Å²) in [6.07, 6.45) is 3.14. The van der Waals surface area contributed by atoms with Crippen LogP contribution in [0.1, 0.15) is 47.8 Å². The van der Waals surface area contributed by atoms with Gasteiger partial charge in [0.2, 0.25) is 0 Å². The van der Waals surface area contributed by atoms with Crippen molar-refractivity contribution < 1.29 is 38.1 Å². The van der Waals surface area contributed by atoms with Crippen LogP contribution < -0.4 is 0 Å². The summed E-state index contributed by atoms with van der Waals surface area (Å²) in [7, 11) is 3.63. The number of carbonyl (C=O) groups is 3. The van der Waals surface area contributed by atoms with Crippen LogP contribution in [0.5, 0.6) is 0 Å². The van der Waals surface area contributed by atoms with Crippen LogP contribution in [0.3, 0.4) is 0 Å². The number of rotatable bonds is 12. The van der Waals surface area contributed by atoms with Crippen LogP contribution in [0.4, 0.5) is 11.5 Å². The number of aliphatic imine (C=N–C) groups is 2. The van der Waals surface area contributed by atoms with Crippen molar-refractivity contribution in [2.45, 2.75) is 76.8 Å². The second-order valence-corrected chi connectivity index (χ2v) is 10.9. The van der Waals surface area contributed by atoms with Crippen LogP contribution in [0.15, 0.2) is 21.3 Å². The summed E-state index contributed by atoms with van der Waals surface area (Å²) in [5.74, 6) is -1.40. The van der Waals surface area contributed by atoms with Crippen LogP contribution in [0.25, 0.3) is 11.0 Å². The summed E-state index contributed by atoms with van der Waals surface area (Å²) in [5.41, 5.74) is -0.752. The van der Waals surface area contributed by atoms with Crippen LogP contribution in [0, 0.1) is 0 Å². The summed E-state index contributed by atoms with van der Waals surface area (Å²) < 4.78 is 30.5. The Kier molecular flexibility index (Phi) is 11.0. The fourth-order valence-electron chi connectivity index (χ4n) is 4.51. The van der Waals surface area contributed by atoms with Crippen molar-refractivity contribution in [2.24, 2.45) is 9.98 Å². The number of aromatic nitrogens is 3. The molecule has 1 saturated heterocycles. The molecular weight excluding hydrogens is 568 g/mol. The summed E-state index contributed by atoms with van der Waals surface area (Å²) >= 11 is 1.30. The van der Waals surface area contributed by atoms with E-state index in [1.807, 2.05) is 34.2 Å². The molecule has 15 heteroatoms. The monoisotopic (exact) mass is 606 g/mol. The second kappa shape index (κ2) is 14.1. The largest absolute Gasteiger partial charge is 0.463 e. The van der Waals surface area contributed by atoms with Gasteiger partial charge in [-0.3, -0.25) is 14.2 Å². The van der Waals surface area contributed by atoms with E-state index in [9.17, 15) is 14.4 Å². The Morgan fingerprint density at radius 3 is 2.48 bits per heavy atom. The first-order valence-electron chi connectivity index (χ1n) is 13.3. The third-order valence-electron chi connectivity index (χ3n) is 5.98. The molecule has 3 rings (SSSR count). The molecule has 14 nitrogen and oxygen atoms in total. The van der Waals surface area contributed by atoms with Crippen molar-refractivity contribution in [2.75, 3.05) is 33.6 Å². The van der Waals surface area contributed by atoms with Gasteiger partial charge in [-0.25, -0.2) is 24.7 Å². The van der Waals surface area contributed by atoms with Crippen LogP contribution in [0.2, 0.25) is 0 Å². The minimum atomic E-state index is -1.41. The highest BCUT2D eigenvalue weighted by Gasteiger charge is 2.59. The van der Waals surface area contributed by atoms with Crippen molar-refractivity contribution >= 4 is 64.8 Å². The lowest BCUT2D eigenvalue weighted by Crippen LogP contribution is -2.50. The zero-order valence-corrected chi connectivity index (χ0v) is 26.1. The van der Waals surface area contributed by atoms with E-state index in [1.54, 1.807) is 35.8 Å². The quantitative estimate of drug-likeness (QED) is 0.0869. The Labute approximate surface area is 248 Å². The van der Waals surface area contributed by atoms with Crippen molar-refractivity contribution in [3.63, 3.8) is 0 Å². The van der Waals surface area contributed by atoms with Crippen molar-refractivity contribution in [3.05, 3.63) is 6.20 Å². The van der Waals surface area contributed by atoms with E-state index in [-0.39, 0.29) is 19.3 Å². The lowest BCUT2D eigenvalue weighted by Gasteiger charge is -2.35. The molecule has 0 bridgehead atoms. The van der Waals surface area contributed by atoms with E-state index < -0.39 is 41.9 Å². The fraction of sp³-hybridized carbons (Fsp3) is 0.593. The number of carbonyl (C=O) groups excluding carboxylic acids is 3. The fourth-order valence-corrected chi connectivity index (χ4v) is 4.86. The van der Waals surface area contributed by atoms with E-state index in [1.165, 1.54) is 25.6 Å². The molecule has 2 aromatic heterocycles. The second-order valence-electron chi connectivity index (χ2n) is 10.1. The molecule has 3 heterocycles. The first-order valence-corrected chi connectivity index (χ1v) is 14.5. The van der Waals surface area contributed by atoms with Crippen LogP contribution in [-0.4, -0.2) is 107 Å². The van der Waals surface area contributed by atoms with Gasteiger partial charge in [-0.2, -0.15) is 0 Å². The Hall–Kier alpha value is -3.56. The van der Waals surface area contributed by atoms with E-state index >= 15 is 0 Å². The molecule has 0 saturated carbocycles. The van der Waals surface area contributed by atoms with Gasteiger partial charge in [0.05, 0.1) is 30.1 Å². The summed E-state index contributed by atoms with van der Waals surface area (Å²) in [6, 6.07) is 0. The number of nitrogens with zero attached hydrogens (tertiary/aromatic N) is 6. The zero-order valence-electron chi connectivity index (χ0n) is 25.3. The van der Waals surface area contributed by atoms with Gasteiger partial charge in [-0.15, -0.1) is 0 Å². The molecule has 0 aromatic carbocycles. The molecule has 2 aromatic rings. The van der Waals surface area contributed by atoms with Gasteiger partial charge < -0.3 is 28.6 Å². The first-order chi connectivity index (χ1) is 19.8. The Balaban J connectivity index is 2.32. The lowest BCUT2D eigenvalue weighted by molar-refractivity contribution is -0.183. The third kappa shape index (κ3) is 7.63. The Morgan fingerprint density at radius 2 is 1.90 bits per heavy atom. The first kappa shape index (κ1) is 32.9. The molecule has 1 unspecified atom stereocenters. The maximum absolute atomic E-state index is 12.4. The lowest BCUT2D eigenvalue weighted by atomic mass is 9.95. The van der Waals surface area contributed by atoms with Crippen LogP contribution in [-0.2, 0) is 38.1 Å². The summed E-state index contributed by atoms with van der Waals surface area (Å²) in [6.45, 7) is 9.68. The molecule has 0 aliphatic carbocycles. The van der Waals surface area contributed by atoms with Crippen molar-refractivity contribution in [3.8, 4) is 0 Å². The van der Waals surface area contributed by atoms with Gasteiger partial charge in [-0.05, 0) is 34.0 Å². The number of hydrogen-bond donors (Lipinski definition) is 0. The van der Waals surface area contributed by atoms with E-state index in [4.69, 9.17) is 28.7 Å². The minimum Gasteiger partial charge on any atom is -0.463 e. The summed E-state index contributed by atoms with van der Waals surface area (Å²) in [5, 5.41) is 0.831. The number of ether oxygens (including phenoxy) is 5. The molecule has 0 radical (unpaired) electrons. The third-order valence-corrected chi connectivity index (χ3v) is 6.53. The zero-order chi connectivity index (χ0) is 31.2. The van der Waals surface area contributed by atoms with Crippen molar-refractivity contribution in [1.82, 2.24) is 19.4 Å². The standard InChI is InChI=1S/C27H38N6O8S/c1-10-37-20(36)11-28-18-12-33(24-21(18)23(29-14-32(7)8)30-26(31-24)42-9)25-27(6,41-17(5)35)22(39-15(2)3)19(40-25)13-38-16(4)34/h11-12,14-15,19,22,25H,10,13H2,1-9H3/t19-,22-,25?,27-/m1/s1. The van der Waals surface area contributed by atoms with E-state index in [0.29, 0.717) is 27.7 Å². The number of fused-ring (bicyclic) bond motifs is 1. The van der Waals surface area contributed by atoms with E-state index in [2.05, 4.69) is 15.0 Å². The molecule has 1 aliphatic heterocycles. The predicted octanol–water partition coefficient (Wildman–Crippen LogP) is 3.22. The normalized spacial score (nSPS) is 22.4. The van der Waals surface area contributed by atoms with E-state index in [0.717, 1.165) is 6.21 Å². The molecular formula is C27H38N6O8S. The molecule has 0 amide bonds. The smallest absolute Gasteiger partial charge is 0.349 e. The number of thioether (sulfide) groups is 1. The highest BCUT2D eigenvalue weighted by molar-refractivity contribution is 7.98. The van der Waals surface area contributed by atoms with Crippen molar-refractivity contribution in [1.29, 1.82) is 0 Å². The average Bonchev–Trinajstić information content (AvgIpc) is 3.38. The molecule has 0 N–H and O–H groups in total.